The van der Waals surface area contributed by atoms with E-state index in [9.17, 15) is 9.90 Å². The van der Waals surface area contributed by atoms with Crippen LogP contribution in [0.15, 0.2) is 42.5 Å². The predicted molar refractivity (Wildman–Crippen MR) is 96.8 cm³/mol. The lowest BCUT2D eigenvalue weighted by Crippen LogP contribution is -2.29. The molecule has 2 aromatic carbocycles. The fourth-order valence-corrected chi connectivity index (χ4v) is 2.78. The second-order valence-electron chi connectivity index (χ2n) is 7.42. The molecule has 24 heavy (non-hydrogen) atoms. The number of carbonyl (C=O) groups is 1. The predicted octanol–water partition coefficient (Wildman–Crippen LogP) is 4.68. The van der Waals surface area contributed by atoms with Crippen LogP contribution in [0, 0.1) is 13.8 Å². The first-order chi connectivity index (χ1) is 11.1. The fourth-order valence-electron chi connectivity index (χ4n) is 2.78. The van der Waals surface area contributed by atoms with Gasteiger partial charge in [0.1, 0.15) is 5.75 Å². The van der Waals surface area contributed by atoms with E-state index in [2.05, 4.69) is 26.8 Å². The summed E-state index contributed by atoms with van der Waals surface area (Å²) in [5, 5.41) is 9.49. The largest absolute Gasteiger partial charge is 0.478 e. The Morgan fingerprint density at radius 2 is 1.58 bits per heavy atom. The monoisotopic (exact) mass is 326 g/mol. The lowest BCUT2D eigenvalue weighted by Gasteiger charge is -2.20. The Balaban J connectivity index is 2.15. The molecular formula is C21H26O3. The van der Waals surface area contributed by atoms with Crippen LogP contribution in [0.25, 0.3) is 0 Å². The molecule has 0 aliphatic carbocycles. The Morgan fingerprint density at radius 3 is 2.04 bits per heavy atom. The molecule has 0 bridgehead atoms. The maximum absolute atomic E-state index is 11.6. The highest BCUT2D eigenvalue weighted by Crippen LogP contribution is 2.25. The van der Waals surface area contributed by atoms with E-state index >= 15 is 0 Å². The first-order valence-electron chi connectivity index (χ1n) is 8.22. The molecular weight excluding hydrogens is 300 g/mol. The van der Waals surface area contributed by atoms with Crippen LogP contribution < -0.4 is 4.74 Å². The molecule has 2 aromatic rings. The zero-order valence-corrected chi connectivity index (χ0v) is 15.1. The summed E-state index contributed by atoms with van der Waals surface area (Å²) in [6.07, 6.45) is -0.550. The number of rotatable bonds is 5. The van der Waals surface area contributed by atoms with E-state index in [1.54, 1.807) is 0 Å². The van der Waals surface area contributed by atoms with Gasteiger partial charge < -0.3 is 9.84 Å². The highest BCUT2D eigenvalue weighted by molar-refractivity contribution is 5.73. The summed E-state index contributed by atoms with van der Waals surface area (Å²) in [6, 6.07) is 13.8. The summed E-state index contributed by atoms with van der Waals surface area (Å²) in [4.78, 5) is 11.6. The maximum atomic E-state index is 11.6. The lowest BCUT2D eigenvalue weighted by atomic mass is 9.87. The quantitative estimate of drug-likeness (QED) is 0.868. The maximum Gasteiger partial charge on any atom is 0.345 e. The van der Waals surface area contributed by atoms with Gasteiger partial charge in [-0.2, -0.15) is 0 Å². The van der Waals surface area contributed by atoms with Crippen molar-refractivity contribution in [1.29, 1.82) is 0 Å². The van der Waals surface area contributed by atoms with Crippen LogP contribution >= 0.6 is 0 Å². The molecule has 0 unspecified atom stereocenters. The lowest BCUT2D eigenvalue weighted by molar-refractivity contribution is -0.145. The molecule has 2 rings (SSSR count). The first kappa shape index (κ1) is 18.1. The molecule has 0 saturated carbocycles. The third kappa shape index (κ3) is 4.85. The Labute approximate surface area is 144 Å². The fraction of sp³-hybridized carbons (Fsp3) is 0.381. The molecule has 1 atom stereocenters. The van der Waals surface area contributed by atoms with E-state index in [0.29, 0.717) is 12.2 Å². The zero-order chi connectivity index (χ0) is 17.9. The Bertz CT molecular complexity index is 689. The van der Waals surface area contributed by atoms with Crippen molar-refractivity contribution in [1.82, 2.24) is 0 Å². The third-order valence-corrected chi connectivity index (χ3v) is 3.98. The molecule has 1 N–H and O–H groups in total. The van der Waals surface area contributed by atoms with Gasteiger partial charge in [-0.1, -0.05) is 62.2 Å². The number of aliphatic carboxylic acids is 1. The molecule has 0 aliphatic rings. The van der Waals surface area contributed by atoms with Gasteiger partial charge in [0.25, 0.3) is 0 Å². The highest BCUT2D eigenvalue weighted by Gasteiger charge is 2.21. The van der Waals surface area contributed by atoms with Crippen LogP contribution in [-0.4, -0.2) is 17.2 Å². The van der Waals surface area contributed by atoms with Crippen molar-refractivity contribution in [2.24, 2.45) is 0 Å². The van der Waals surface area contributed by atoms with Gasteiger partial charge in [0, 0.05) is 6.42 Å². The van der Waals surface area contributed by atoms with Crippen LogP contribution in [0.3, 0.4) is 0 Å². The smallest absolute Gasteiger partial charge is 0.345 e. The molecule has 0 amide bonds. The van der Waals surface area contributed by atoms with Crippen LogP contribution in [0.4, 0.5) is 0 Å². The Morgan fingerprint density at radius 1 is 1.04 bits per heavy atom. The van der Waals surface area contributed by atoms with Gasteiger partial charge in [-0.3, -0.25) is 0 Å². The normalized spacial score (nSPS) is 12.7. The summed E-state index contributed by atoms with van der Waals surface area (Å²) in [6.45, 7) is 10.5. The average Bonchev–Trinajstić information content (AvgIpc) is 2.45. The van der Waals surface area contributed by atoms with Gasteiger partial charge in [-0.05, 0) is 42.5 Å². The van der Waals surface area contributed by atoms with Gasteiger partial charge in [0.05, 0.1) is 0 Å². The van der Waals surface area contributed by atoms with E-state index < -0.39 is 12.1 Å². The van der Waals surface area contributed by atoms with Crippen molar-refractivity contribution >= 4 is 5.97 Å². The van der Waals surface area contributed by atoms with Crippen molar-refractivity contribution < 1.29 is 14.6 Å². The van der Waals surface area contributed by atoms with Crippen molar-refractivity contribution in [3.63, 3.8) is 0 Å². The van der Waals surface area contributed by atoms with Crippen LogP contribution in [0.1, 0.15) is 43.0 Å². The molecule has 3 nitrogen and oxygen atoms in total. The number of hydrogen-bond acceptors (Lipinski definition) is 2. The minimum atomic E-state index is -0.950. The van der Waals surface area contributed by atoms with Crippen LogP contribution in [0.5, 0.6) is 5.75 Å². The molecule has 0 aromatic heterocycles. The topological polar surface area (TPSA) is 46.5 Å². The summed E-state index contributed by atoms with van der Waals surface area (Å²) < 4.78 is 5.73. The number of benzene rings is 2. The Hall–Kier alpha value is -2.29. The molecule has 0 spiro atoms. The molecule has 0 heterocycles. The minimum Gasteiger partial charge on any atom is -0.478 e. The van der Waals surface area contributed by atoms with Crippen LogP contribution in [-0.2, 0) is 16.6 Å². The van der Waals surface area contributed by atoms with E-state index in [4.69, 9.17) is 4.74 Å². The molecule has 0 aliphatic heterocycles. The molecule has 0 fully saturated rings. The van der Waals surface area contributed by atoms with Crippen molar-refractivity contribution in [3.05, 3.63) is 64.7 Å². The zero-order valence-electron chi connectivity index (χ0n) is 15.1. The number of ether oxygens (including phenoxy) is 1. The van der Waals surface area contributed by atoms with E-state index in [-0.39, 0.29) is 5.41 Å². The van der Waals surface area contributed by atoms with Crippen molar-refractivity contribution in [2.45, 2.75) is 52.6 Å². The molecule has 3 heteroatoms. The van der Waals surface area contributed by atoms with Gasteiger partial charge in [0.2, 0.25) is 0 Å². The van der Waals surface area contributed by atoms with Crippen LogP contribution in [0.2, 0.25) is 0 Å². The van der Waals surface area contributed by atoms with Gasteiger partial charge >= 0.3 is 5.97 Å². The minimum absolute atomic E-state index is 0.0593. The number of hydrogen-bond donors (Lipinski definition) is 1. The van der Waals surface area contributed by atoms with Crippen molar-refractivity contribution in [2.75, 3.05) is 0 Å². The summed E-state index contributed by atoms with van der Waals surface area (Å²) in [5.74, 6) is -0.367. The van der Waals surface area contributed by atoms with Gasteiger partial charge in [-0.15, -0.1) is 0 Å². The van der Waals surface area contributed by atoms with Gasteiger partial charge in [-0.25, -0.2) is 4.79 Å². The van der Waals surface area contributed by atoms with E-state index in [0.717, 1.165) is 16.7 Å². The van der Waals surface area contributed by atoms with Crippen molar-refractivity contribution in [3.8, 4) is 5.75 Å². The summed E-state index contributed by atoms with van der Waals surface area (Å²) in [7, 11) is 0. The second-order valence-corrected chi connectivity index (χ2v) is 7.42. The molecule has 0 saturated heterocycles. The highest BCUT2D eigenvalue weighted by atomic mass is 16.5. The van der Waals surface area contributed by atoms with E-state index in [1.165, 1.54) is 5.56 Å². The van der Waals surface area contributed by atoms with Gasteiger partial charge in [0.15, 0.2) is 6.10 Å². The molecule has 0 radical (unpaired) electrons. The SMILES string of the molecule is Cc1cc(C)cc(C[C@@H](Oc2ccc(C(C)(C)C)cc2)C(=O)O)c1. The third-order valence-electron chi connectivity index (χ3n) is 3.98. The summed E-state index contributed by atoms with van der Waals surface area (Å²) in [5.41, 5.74) is 4.48. The standard InChI is InChI=1S/C21H26O3/c1-14-10-15(2)12-16(11-14)13-19(20(22)23)24-18-8-6-17(7-9-18)21(3,4)5/h6-12,19H,13H2,1-5H3,(H,22,23)/t19-/m1/s1. The molecule has 128 valence electrons. The average molecular weight is 326 g/mol. The summed E-state index contributed by atoms with van der Waals surface area (Å²) >= 11 is 0. The Kier molecular flexibility index (Phi) is 5.33. The first-order valence-corrected chi connectivity index (χ1v) is 8.22. The number of aryl methyl sites for hydroxylation is 2. The number of carboxylic acids is 1. The number of carboxylic acid groups (broad SMARTS) is 1. The second kappa shape index (κ2) is 7.08. The van der Waals surface area contributed by atoms with E-state index in [1.807, 2.05) is 50.2 Å².